The Labute approximate surface area is 133 Å². The molecule has 8 heteroatoms. The number of hydrogen-bond acceptors (Lipinski definition) is 5. The highest BCUT2D eigenvalue weighted by molar-refractivity contribution is 6.09. The van der Waals surface area contributed by atoms with Gasteiger partial charge in [0.1, 0.15) is 17.8 Å². The maximum absolute atomic E-state index is 12.6. The molecule has 0 bridgehead atoms. The number of hydrogen-bond donors (Lipinski definition) is 2. The van der Waals surface area contributed by atoms with Crippen molar-refractivity contribution in [1.82, 2.24) is 15.7 Å². The molecule has 2 rings (SSSR count). The standard InChI is InChI=1S/C15H19N3O5/c1-4-23-17-12(19)9-18-13(20)15(2,16-14(18)21)10-5-7-11(22-3)8-6-10/h5-8H,4,9H2,1-3H3,(H,16,21)(H,17,19)/t15-/m1/s1. The number of urea groups is 1. The van der Waals surface area contributed by atoms with E-state index < -0.39 is 29.9 Å². The van der Waals surface area contributed by atoms with E-state index in [1.54, 1.807) is 38.1 Å². The minimum absolute atomic E-state index is 0.287. The van der Waals surface area contributed by atoms with E-state index >= 15 is 0 Å². The van der Waals surface area contributed by atoms with Crippen molar-refractivity contribution in [2.45, 2.75) is 19.4 Å². The third-order valence-electron chi connectivity index (χ3n) is 3.57. The third-order valence-corrected chi connectivity index (χ3v) is 3.57. The maximum Gasteiger partial charge on any atom is 0.325 e. The molecule has 1 aliphatic heterocycles. The second-order valence-electron chi connectivity index (χ2n) is 5.13. The van der Waals surface area contributed by atoms with E-state index in [0.717, 1.165) is 4.90 Å². The van der Waals surface area contributed by atoms with Gasteiger partial charge in [0.15, 0.2) is 0 Å². The van der Waals surface area contributed by atoms with Gasteiger partial charge in [0.05, 0.1) is 13.7 Å². The minimum Gasteiger partial charge on any atom is -0.497 e. The lowest BCUT2D eigenvalue weighted by Crippen LogP contribution is -2.43. The van der Waals surface area contributed by atoms with Gasteiger partial charge in [-0.25, -0.2) is 10.3 Å². The van der Waals surface area contributed by atoms with Crippen LogP contribution in [0.2, 0.25) is 0 Å². The number of imide groups is 1. The van der Waals surface area contributed by atoms with Crippen LogP contribution in [0.3, 0.4) is 0 Å². The van der Waals surface area contributed by atoms with Crippen molar-refractivity contribution in [1.29, 1.82) is 0 Å². The number of nitrogens with one attached hydrogen (secondary N) is 2. The van der Waals surface area contributed by atoms with Gasteiger partial charge in [-0.05, 0) is 31.5 Å². The van der Waals surface area contributed by atoms with Crippen LogP contribution in [0.1, 0.15) is 19.4 Å². The van der Waals surface area contributed by atoms with Crippen molar-refractivity contribution in [3.05, 3.63) is 29.8 Å². The van der Waals surface area contributed by atoms with Gasteiger partial charge in [-0.2, -0.15) is 0 Å². The highest BCUT2D eigenvalue weighted by atomic mass is 16.6. The van der Waals surface area contributed by atoms with Crippen LogP contribution in [-0.2, 0) is 20.0 Å². The van der Waals surface area contributed by atoms with E-state index in [-0.39, 0.29) is 6.61 Å². The van der Waals surface area contributed by atoms with Crippen LogP contribution in [-0.4, -0.2) is 43.0 Å². The highest BCUT2D eigenvalue weighted by Crippen LogP contribution is 2.29. The quantitative estimate of drug-likeness (QED) is 0.588. The number of ether oxygens (including phenoxy) is 1. The van der Waals surface area contributed by atoms with Crippen LogP contribution in [0, 0.1) is 0 Å². The van der Waals surface area contributed by atoms with Gasteiger partial charge in [0.2, 0.25) is 0 Å². The molecule has 2 N–H and O–H groups in total. The van der Waals surface area contributed by atoms with Crippen LogP contribution in [0.25, 0.3) is 0 Å². The fraction of sp³-hybridized carbons (Fsp3) is 0.400. The lowest BCUT2D eigenvalue weighted by molar-refractivity contribution is -0.139. The zero-order chi connectivity index (χ0) is 17.0. The lowest BCUT2D eigenvalue weighted by Gasteiger charge is -2.22. The monoisotopic (exact) mass is 321 g/mol. The molecular formula is C15H19N3O5. The van der Waals surface area contributed by atoms with Crippen molar-refractivity contribution in [2.75, 3.05) is 20.3 Å². The highest BCUT2D eigenvalue weighted by Gasteiger charge is 2.49. The van der Waals surface area contributed by atoms with Crippen molar-refractivity contribution >= 4 is 17.8 Å². The molecule has 1 aromatic carbocycles. The minimum atomic E-state index is -1.23. The molecule has 1 heterocycles. The fourth-order valence-corrected chi connectivity index (χ4v) is 2.29. The van der Waals surface area contributed by atoms with Gasteiger partial charge in [-0.3, -0.25) is 19.3 Å². The number of carbonyl (C=O) groups is 3. The topological polar surface area (TPSA) is 97.0 Å². The molecule has 1 atom stereocenters. The molecule has 0 unspecified atom stereocenters. The maximum atomic E-state index is 12.6. The average molecular weight is 321 g/mol. The summed E-state index contributed by atoms with van der Waals surface area (Å²) in [5.41, 5.74) is 1.53. The molecule has 1 saturated heterocycles. The smallest absolute Gasteiger partial charge is 0.325 e. The molecule has 23 heavy (non-hydrogen) atoms. The summed E-state index contributed by atoms with van der Waals surface area (Å²) in [5.74, 6) is -0.435. The molecular weight excluding hydrogens is 302 g/mol. The Balaban J connectivity index is 2.16. The second kappa shape index (κ2) is 6.66. The van der Waals surface area contributed by atoms with E-state index in [2.05, 4.69) is 10.8 Å². The fourth-order valence-electron chi connectivity index (χ4n) is 2.29. The number of methoxy groups -OCH3 is 1. The third kappa shape index (κ3) is 3.26. The van der Waals surface area contributed by atoms with Crippen LogP contribution >= 0.6 is 0 Å². The van der Waals surface area contributed by atoms with Gasteiger partial charge in [0, 0.05) is 0 Å². The predicted octanol–water partition coefficient (Wildman–Crippen LogP) is 0.530. The number of amides is 4. The summed E-state index contributed by atoms with van der Waals surface area (Å²) in [5, 5.41) is 2.62. The lowest BCUT2D eigenvalue weighted by atomic mass is 9.92. The first kappa shape index (κ1) is 16.8. The van der Waals surface area contributed by atoms with E-state index in [1.807, 2.05) is 0 Å². The summed E-state index contributed by atoms with van der Waals surface area (Å²) in [6.45, 7) is 3.18. The first-order valence-corrected chi connectivity index (χ1v) is 7.11. The van der Waals surface area contributed by atoms with E-state index in [0.29, 0.717) is 11.3 Å². The zero-order valence-corrected chi connectivity index (χ0v) is 13.2. The van der Waals surface area contributed by atoms with Crippen LogP contribution in [0.15, 0.2) is 24.3 Å². The van der Waals surface area contributed by atoms with Crippen LogP contribution < -0.4 is 15.5 Å². The Bertz CT molecular complexity index is 616. The first-order chi connectivity index (χ1) is 10.9. The van der Waals surface area contributed by atoms with Crippen molar-refractivity contribution in [3.8, 4) is 5.75 Å². The first-order valence-electron chi connectivity index (χ1n) is 7.11. The van der Waals surface area contributed by atoms with Crippen molar-refractivity contribution in [2.24, 2.45) is 0 Å². The molecule has 0 radical (unpaired) electrons. The second-order valence-corrected chi connectivity index (χ2v) is 5.13. The molecule has 1 aliphatic rings. The largest absolute Gasteiger partial charge is 0.497 e. The summed E-state index contributed by atoms with van der Waals surface area (Å²) in [4.78, 5) is 41.9. The van der Waals surface area contributed by atoms with Gasteiger partial charge >= 0.3 is 6.03 Å². The molecule has 0 spiro atoms. The molecule has 0 aromatic heterocycles. The number of carbonyl (C=O) groups excluding carboxylic acids is 3. The number of hydroxylamine groups is 1. The summed E-state index contributed by atoms with van der Waals surface area (Å²) in [6, 6.07) is 6.16. The van der Waals surface area contributed by atoms with Crippen molar-refractivity contribution in [3.63, 3.8) is 0 Å². The molecule has 1 aromatic rings. The summed E-state index contributed by atoms with van der Waals surface area (Å²) in [7, 11) is 1.54. The van der Waals surface area contributed by atoms with E-state index in [4.69, 9.17) is 9.57 Å². The summed E-state index contributed by atoms with van der Waals surface area (Å²) in [6.07, 6.45) is 0. The summed E-state index contributed by atoms with van der Waals surface area (Å²) < 4.78 is 5.07. The summed E-state index contributed by atoms with van der Waals surface area (Å²) >= 11 is 0. The van der Waals surface area contributed by atoms with Crippen LogP contribution in [0.4, 0.5) is 4.79 Å². The number of nitrogens with zero attached hydrogens (tertiary/aromatic N) is 1. The average Bonchev–Trinajstić information content (AvgIpc) is 2.77. The molecule has 124 valence electrons. The Morgan fingerprint density at radius 3 is 2.52 bits per heavy atom. The van der Waals surface area contributed by atoms with Gasteiger partial charge < -0.3 is 10.1 Å². The molecule has 0 aliphatic carbocycles. The molecule has 0 saturated carbocycles. The SMILES string of the molecule is CCONC(=O)CN1C(=O)N[C@](C)(c2ccc(OC)cc2)C1=O. The molecule has 4 amide bonds. The van der Waals surface area contributed by atoms with Gasteiger partial charge in [-0.1, -0.05) is 12.1 Å². The Kier molecular flexibility index (Phi) is 4.85. The van der Waals surface area contributed by atoms with Gasteiger partial charge in [0.25, 0.3) is 11.8 Å². The van der Waals surface area contributed by atoms with Gasteiger partial charge in [-0.15, -0.1) is 0 Å². The van der Waals surface area contributed by atoms with E-state index in [9.17, 15) is 14.4 Å². The van der Waals surface area contributed by atoms with E-state index in [1.165, 1.54) is 7.11 Å². The number of benzene rings is 1. The Hall–Kier alpha value is -2.61. The van der Waals surface area contributed by atoms with Crippen LogP contribution in [0.5, 0.6) is 5.75 Å². The number of rotatable bonds is 6. The van der Waals surface area contributed by atoms with Crippen molar-refractivity contribution < 1.29 is 24.0 Å². The Morgan fingerprint density at radius 2 is 1.96 bits per heavy atom. The normalized spacial score (nSPS) is 20.4. The predicted molar refractivity (Wildman–Crippen MR) is 80.4 cm³/mol. The zero-order valence-electron chi connectivity index (χ0n) is 13.2. The molecule has 1 fully saturated rings. The molecule has 8 nitrogen and oxygen atoms in total. The Morgan fingerprint density at radius 1 is 1.30 bits per heavy atom.